The molecule has 1 heterocycles. The van der Waals surface area contributed by atoms with Crippen LogP contribution < -0.4 is 15.8 Å². The van der Waals surface area contributed by atoms with E-state index in [0.29, 0.717) is 18.4 Å². The van der Waals surface area contributed by atoms with Gasteiger partial charge in [-0.05, 0) is 30.9 Å². The molecule has 0 radical (unpaired) electrons. The highest BCUT2D eigenvalue weighted by atomic mass is 19.3. The van der Waals surface area contributed by atoms with Gasteiger partial charge in [-0.25, -0.2) is 18.8 Å². The second-order valence-corrected chi connectivity index (χ2v) is 6.28. The Labute approximate surface area is 142 Å². The second-order valence-electron chi connectivity index (χ2n) is 6.28. The molecule has 0 fully saturated rings. The molecule has 1 aromatic rings. The van der Waals surface area contributed by atoms with Gasteiger partial charge in [-0.3, -0.25) is 0 Å². The molecule has 5 nitrogen and oxygen atoms in total. The molecule has 1 atom stereocenters. The Kier molecular flexibility index (Phi) is 9.04. The van der Waals surface area contributed by atoms with Crippen molar-refractivity contribution in [3.8, 4) is 5.88 Å². The van der Waals surface area contributed by atoms with E-state index in [1.54, 1.807) is 12.1 Å². The van der Waals surface area contributed by atoms with Crippen LogP contribution in [0.5, 0.6) is 5.88 Å². The van der Waals surface area contributed by atoms with E-state index in [9.17, 15) is 8.78 Å². The van der Waals surface area contributed by atoms with E-state index in [0.717, 1.165) is 18.4 Å². The van der Waals surface area contributed by atoms with E-state index in [1.807, 2.05) is 0 Å². The molecule has 0 saturated heterocycles. The third kappa shape index (κ3) is 9.27. The topological polar surface area (TPSA) is 72.5 Å². The van der Waals surface area contributed by atoms with Gasteiger partial charge in [-0.1, -0.05) is 26.7 Å². The predicted octanol–water partition coefficient (Wildman–Crippen LogP) is 3.34. The molecule has 0 bridgehead atoms. The van der Waals surface area contributed by atoms with E-state index in [-0.39, 0.29) is 11.9 Å². The molecule has 1 aromatic heterocycles. The van der Waals surface area contributed by atoms with Gasteiger partial charge in [0.05, 0.1) is 6.54 Å². The zero-order valence-corrected chi connectivity index (χ0v) is 14.6. The number of pyridine rings is 1. The number of aliphatic imine (C=N–C) groups is 1. The molecular weight excluding hydrogens is 314 g/mol. The number of hydrogen-bond acceptors (Lipinski definition) is 3. The van der Waals surface area contributed by atoms with Gasteiger partial charge >= 0.3 is 0 Å². The van der Waals surface area contributed by atoms with Crippen LogP contribution in [0, 0.1) is 5.92 Å². The zero-order chi connectivity index (χ0) is 17.9. The summed E-state index contributed by atoms with van der Waals surface area (Å²) in [4.78, 5) is 8.15. The molecule has 24 heavy (non-hydrogen) atoms. The standard InChI is InChI=1S/C17H28F2N4O/c1-12(2)5-4-6-13(3)23-17(20)22-10-14-7-8-21-16(9-14)24-11-15(18)19/h7-9,12-13,15H,4-6,10-11H2,1-3H3,(H3,20,22,23). The summed E-state index contributed by atoms with van der Waals surface area (Å²) >= 11 is 0. The van der Waals surface area contributed by atoms with E-state index < -0.39 is 13.0 Å². The van der Waals surface area contributed by atoms with Gasteiger partial charge in [-0.2, -0.15) is 0 Å². The van der Waals surface area contributed by atoms with Gasteiger partial charge < -0.3 is 15.8 Å². The summed E-state index contributed by atoms with van der Waals surface area (Å²) in [5.74, 6) is 1.24. The summed E-state index contributed by atoms with van der Waals surface area (Å²) in [6, 6.07) is 3.60. The number of halogens is 2. The molecular formula is C17H28F2N4O. The number of aromatic nitrogens is 1. The van der Waals surface area contributed by atoms with Gasteiger partial charge in [0.15, 0.2) is 12.6 Å². The van der Waals surface area contributed by atoms with E-state index >= 15 is 0 Å². The lowest BCUT2D eigenvalue weighted by atomic mass is 10.0. The molecule has 0 aliphatic heterocycles. The Morgan fingerprint density at radius 1 is 1.33 bits per heavy atom. The Bertz CT molecular complexity index is 509. The van der Waals surface area contributed by atoms with Gasteiger partial charge in [0.1, 0.15) is 0 Å². The number of nitrogens with zero attached hydrogens (tertiary/aromatic N) is 2. The lowest BCUT2D eigenvalue weighted by Crippen LogP contribution is -2.38. The number of hydrogen-bond donors (Lipinski definition) is 2. The highest BCUT2D eigenvalue weighted by Gasteiger charge is 2.06. The van der Waals surface area contributed by atoms with Crippen LogP contribution in [-0.4, -0.2) is 30.0 Å². The Hall–Kier alpha value is -1.92. The minimum Gasteiger partial charge on any atom is -0.472 e. The van der Waals surface area contributed by atoms with Crippen LogP contribution in [0.1, 0.15) is 45.6 Å². The van der Waals surface area contributed by atoms with Crippen molar-refractivity contribution in [2.45, 2.75) is 59.0 Å². The van der Waals surface area contributed by atoms with Crippen LogP contribution in [0.2, 0.25) is 0 Å². The quantitative estimate of drug-likeness (QED) is 0.505. The van der Waals surface area contributed by atoms with Crippen LogP contribution >= 0.6 is 0 Å². The third-order valence-corrected chi connectivity index (χ3v) is 3.40. The lowest BCUT2D eigenvalue weighted by Gasteiger charge is -2.15. The summed E-state index contributed by atoms with van der Waals surface area (Å²) in [5, 5.41) is 3.16. The van der Waals surface area contributed by atoms with Crippen molar-refractivity contribution in [1.82, 2.24) is 10.3 Å². The van der Waals surface area contributed by atoms with Gasteiger partial charge in [0.2, 0.25) is 5.88 Å². The molecule has 0 aliphatic rings. The van der Waals surface area contributed by atoms with Crippen LogP contribution in [0.25, 0.3) is 0 Å². The average Bonchev–Trinajstić information content (AvgIpc) is 2.51. The SMILES string of the molecule is CC(C)CCCC(C)NC(N)=NCc1ccnc(OCC(F)F)c1. The number of alkyl halides is 2. The molecule has 0 saturated carbocycles. The number of nitrogens with one attached hydrogen (secondary N) is 1. The fraction of sp³-hybridized carbons (Fsp3) is 0.647. The minimum absolute atomic E-state index is 0.164. The highest BCUT2D eigenvalue weighted by Crippen LogP contribution is 2.11. The normalized spacial score (nSPS) is 13.4. The number of guanidine groups is 1. The van der Waals surface area contributed by atoms with E-state index in [4.69, 9.17) is 10.5 Å². The van der Waals surface area contributed by atoms with Crippen LogP contribution in [0.4, 0.5) is 8.78 Å². The van der Waals surface area contributed by atoms with Crippen LogP contribution in [0.3, 0.4) is 0 Å². The lowest BCUT2D eigenvalue weighted by molar-refractivity contribution is 0.0795. The monoisotopic (exact) mass is 342 g/mol. The first-order valence-corrected chi connectivity index (χ1v) is 8.29. The van der Waals surface area contributed by atoms with Gasteiger partial charge in [0, 0.05) is 18.3 Å². The molecule has 0 aromatic carbocycles. The fourth-order valence-electron chi connectivity index (χ4n) is 2.16. The van der Waals surface area contributed by atoms with Gasteiger partial charge in [0.25, 0.3) is 6.43 Å². The zero-order valence-electron chi connectivity index (χ0n) is 14.6. The van der Waals surface area contributed by atoms with Crippen molar-refractivity contribution in [2.75, 3.05) is 6.61 Å². The van der Waals surface area contributed by atoms with Gasteiger partial charge in [-0.15, -0.1) is 0 Å². The van der Waals surface area contributed by atoms with Crippen LogP contribution in [-0.2, 0) is 6.54 Å². The number of nitrogens with two attached hydrogens (primary N) is 1. The van der Waals surface area contributed by atoms with Crippen molar-refractivity contribution >= 4 is 5.96 Å². The second kappa shape index (κ2) is 10.8. The van der Waals surface area contributed by atoms with Crippen molar-refractivity contribution in [3.63, 3.8) is 0 Å². The molecule has 0 spiro atoms. The summed E-state index contributed by atoms with van der Waals surface area (Å²) in [6.07, 6.45) is 2.36. The van der Waals surface area contributed by atoms with Crippen molar-refractivity contribution < 1.29 is 13.5 Å². The molecule has 1 rings (SSSR count). The largest absolute Gasteiger partial charge is 0.472 e. The first-order chi connectivity index (χ1) is 11.4. The summed E-state index contributed by atoms with van der Waals surface area (Å²) in [7, 11) is 0. The average molecular weight is 342 g/mol. The van der Waals surface area contributed by atoms with Crippen molar-refractivity contribution in [1.29, 1.82) is 0 Å². The third-order valence-electron chi connectivity index (χ3n) is 3.40. The number of ether oxygens (including phenoxy) is 1. The molecule has 1 unspecified atom stereocenters. The van der Waals surface area contributed by atoms with E-state index in [2.05, 4.69) is 36.1 Å². The molecule has 0 amide bonds. The predicted molar refractivity (Wildman–Crippen MR) is 92.3 cm³/mol. The summed E-state index contributed by atoms with van der Waals surface area (Å²) in [5.41, 5.74) is 6.68. The number of rotatable bonds is 10. The van der Waals surface area contributed by atoms with Crippen molar-refractivity contribution in [3.05, 3.63) is 23.9 Å². The fourth-order valence-corrected chi connectivity index (χ4v) is 2.16. The maximum atomic E-state index is 12.1. The first kappa shape index (κ1) is 20.1. The maximum absolute atomic E-state index is 12.1. The Balaban J connectivity index is 2.42. The van der Waals surface area contributed by atoms with Crippen LogP contribution in [0.15, 0.2) is 23.3 Å². The Morgan fingerprint density at radius 2 is 2.08 bits per heavy atom. The molecule has 3 N–H and O–H groups in total. The molecule has 7 heteroatoms. The summed E-state index contributed by atoms with van der Waals surface area (Å²) < 4.78 is 29.1. The summed E-state index contributed by atoms with van der Waals surface area (Å²) in [6.45, 7) is 6.16. The smallest absolute Gasteiger partial charge is 0.272 e. The highest BCUT2D eigenvalue weighted by molar-refractivity contribution is 5.78. The minimum atomic E-state index is -2.52. The maximum Gasteiger partial charge on any atom is 0.272 e. The molecule has 136 valence electrons. The van der Waals surface area contributed by atoms with E-state index in [1.165, 1.54) is 12.6 Å². The van der Waals surface area contributed by atoms with Crippen molar-refractivity contribution in [2.24, 2.45) is 16.6 Å². The first-order valence-electron chi connectivity index (χ1n) is 8.29. The molecule has 0 aliphatic carbocycles. The Morgan fingerprint density at radius 3 is 2.75 bits per heavy atom.